The molecule has 8 heteroatoms. The van der Waals surface area contributed by atoms with Crippen LogP contribution in [-0.2, 0) is 16.0 Å². The number of carbonyl (C=O) groups is 1. The maximum atomic E-state index is 12.2. The van der Waals surface area contributed by atoms with Crippen molar-refractivity contribution in [2.75, 3.05) is 13.2 Å². The lowest BCUT2D eigenvalue weighted by atomic mass is 10.1. The summed E-state index contributed by atoms with van der Waals surface area (Å²) in [6.07, 6.45) is 1.34. The van der Waals surface area contributed by atoms with Gasteiger partial charge >= 0.3 is 6.09 Å². The Morgan fingerprint density at radius 3 is 2.67 bits per heavy atom. The summed E-state index contributed by atoms with van der Waals surface area (Å²) in [5, 5.41) is 2.85. The van der Waals surface area contributed by atoms with Crippen LogP contribution in [0.25, 0.3) is 33.6 Å². The van der Waals surface area contributed by atoms with Gasteiger partial charge in [0.05, 0.1) is 17.6 Å². The van der Waals surface area contributed by atoms with Crippen LogP contribution in [-0.4, -0.2) is 39.4 Å². The Morgan fingerprint density at radius 1 is 1.12 bits per heavy atom. The van der Waals surface area contributed by atoms with E-state index in [-0.39, 0.29) is 12.6 Å². The number of para-hydroxylation sites is 2. The van der Waals surface area contributed by atoms with E-state index in [4.69, 9.17) is 18.9 Å². The number of alkyl carbamates (subject to hydrolysis) is 1. The molecule has 33 heavy (non-hydrogen) atoms. The van der Waals surface area contributed by atoms with Crippen molar-refractivity contribution in [2.24, 2.45) is 0 Å². The molecule has 4 aromatic rings. The quantitative estimate of drug-likeness (QED) is 0.460. The van der Waals surface area contributed by atoms with Crippen molar-refractivity contribution in [3.63, 3.8) is 0 Å². The van der Waals surface area contributed by atoms with Gasteiger partial charge in [-0.1, -0.05) is 12.1 Å². The molecule has 0 bridgehead atoms. The van der Waals surface area contributed by atoms with Crippen molar-refractivity contribution in [3.8, 4) is 11.5 Å². The third-order valence-electron chi connectivity index (χ3n) is 5.65. The van der Waals surface area contributed by atoms with Crippen LogP contribution in [0.5, 0.6) is 0 Å². The molecule has 1 aliphatic rings. The van der Waals surface area contributed by atoms with Gasteiger partial charge in [0.15, 0.2) is 5.58 Å². The number of rotatable bonds is 4. The second kappa shape index (κ2) is 8.51. The molecule has 2 aromatic carbocycles. The van der Waals surface area contributed by atoms with Crippen LogP contribution in [0, 0.1) is 0 Å². The lowest BCUT2D eigenvalue weighted by Crippen LogP contribution is -2.33. The molecule has 1 fully saturated rings. The molecule has 5 rings (SSSR count). The summed E-state index contributed by atoms with van der Waals surface area (Å²) in [4.78, 5) is 21.7. The van der Waals surface area contributed by atoms with Crippen LogP contribution in [0.2, 0.25) is 0 Å². The molecule has 3 heterocycles. The average molecular weight is 449 g/mol. The molecule has 2 aromatic heterocycles. The number of hydrogen-bond donors (Lipinski definition) is 1. The molecule has 1 N–H and O–H groups in total. The fourth-order valence-electron chi connectivity index (χ4n) is 4.22. The normalized spacial score (nSPS) is 15.2. The van der Waals surface area contributed by atoms with Crippen LogP contribution in [0.4, 0.5) is 4.79 Å². The van der Waals surface area contributed by atoms with Gasteiger partial charge < -0.3 is 23.8 Å². The maximum absolute atomic E-state index is 12.2. The van der Waals surface area contributed by atoms with Crippen molar-refractivity contribution >= 4 is 28.2 Å². The van der Waals surface area contributed by atoms with E-state index in [0.29, 0.717) is 19.1 Å². The van der Waals surface area contributed by atoms with E-state index in [1.807, 2.05) is 57.2 Å². The number of benzene rings is 2. The van der Waals surface area contributed by atoms with Gasteiger partial charge in [-0.3, -0.25) is 0 Å². The third kappa shape index (κ3) is 4.57. The molecule has 0 atom stereocenters. The second-order valence-electron chi connectivity index (χ2n) is 9.29. The molecule has 0 aliphatic carbocycles. The van der Waals surface area contributed by atoms with Gasteiger partial charge in [-0.25, -0.2) is 14.8 Å². The topological polar surface area (TPSA) is 91.4 Å². The van der Waals surface area contributed by atoms with Crippen LogP contribution >= 0.6 is 0 Å². The van der Waals surface area contributed by atoms with Crippen LogP contribution < -0.4 is 5.32 Å². The molecule has 1 amide bonds. The lowest BCUT2D eigenvalue weighted by molar-refractivity contribution is 0.0517. The van der Waals surface area contributed by atoms with E-state index >= 15 is 0 Å². The van der Waals surface area contributed by atoms with E-state index in [9.17, 15) is 4.79 Å². The molecule has 0 spiro atoms. The van der Waals surface area contributed by atoms with E-state index in [1.54, 1.807) is 0 Å². The van der Waals surface area contributed by atoms with Crippen molar-refractivity contribution < 1.29 is 18.7 Å². The Morgan fingerprint density at radius 2 is 1.91 bits per heavy atom. The number of fused-ring (bicyclic) bond motifs is 2. The fourth-order valence-corrected chi connectivity index (χ4v) is 4.22. The number of carbonyl (C=O) groups excluding carboxylic acids is 1. The van der Waals surface area contributed by atoms with Crippen LogP contribution in [0.3, 0.4) is 0 Å². The van der Waals surface area contributed by atoms with E-state index in [1.165, 1.54) is 0 Å². The first-order valence-corrected chi connectivity index (χ1v) is 11.3. The van der Waals surface area contributed by atoms with Gasteiger partial charge in [-0.2, -0.15) is 0 Å². The van der Waals surface area contributed by atoms with Gasteiger partial charge in [0, 0.05) is 24.8 Å². The largest absolute Gasteiger partial charge is 0.444 e. The summed E-state index contributed by atoms with van der Waals surface area (Å²) in [7, 11) is 0. The number of aromatic nitrogens is 3. The van der Waals surface area contributed by atoms with E-state index < -0.39 is 11.7 Å². The summed E-state index contributed by atoms with van der Waals surface area (Å²) in [5.74, 6) is 1.35. The minimum Gasteiger partial charge on any atom is -0.444 e. The fraction of sp³-hybridized carbons (Fsp3) is 0.400. The Labute approximate surface area is 191 Å². The van der Waals surface area contributed by atoms with Crippen molar-refractivity contribution in [1.82, 2.24) is 19.9 Å². The van der Waals surface area contributed by atoms with Crippen LogP contribution in [0.15, 0.2) is 46.9 Å². The van der Waals surface area contributed by atoms with Crippen molar-refractivity contribution in [2.45, 2.75) is 51.8 Å². The average Bonchev–Trinajstić information content (AvgIpc) is 3.38. The van der Waals surface area contributed by atoms with Gasteiger partial charge in [-0.15, -0.1) is 0 Å². The molecule has 0 radical (unpaired) electrons. The summed E-state index contributed by atoms with van der Waals surface area (Å²) in [6, 6.07) is 14.0. The Hall–Kier alpha value is -3.39. The molecule has 8 nitrogen and oxygen atoms in total. The Kier molecular flexibility index (Phi) is 5.54. The SMILES string of the molecule is CC(C)(C)OC(=O)NCc1nc2cc(-c3nc4ccccc4o3)ccc2n1C1CCOCC1. The summed E-state index contributed by atoms with van der Waals surface area (Å²) < 4.78 is 19.1. The smallest absolute Gasteiger partial charge is 0.408 e. The molecule has 1 saturated heterocycles. The number of amides is 1. The first-order chi connectivity index (χ1) is 15.9. The zero-order valence-corrected chi connectivity index (χ0v) is 19.1. The number of hydrogen-bond acceptors (Lipinski definition) is 6. The number of ether oxygens (including phenoxy) is 2. The predicted octanol–water partition coefficient (Wildman–Crippen LogP) is 5.22. The van der Waals surface area contributed by atoms with Gasteiger partial charge in [-0.05, 0) is 63.9 Å². The molecule has 0 saturated carbocycles. The molecular formula is C25H28N4O4. The van der Waals surface area contributed by atoms with Gasteiger partial charge in [0.2, 0.25) is 5.89 Å². The van der Waals surface area contributed by atoms with E-state index in [2.05, 4.69) is 20.9 Å². The zero-order chi connectivity index (χ0) is 23.0. The number of nitrogens with zero attached hydrogens (tertiary/aromatic N) is 3. The highest BCUT2D eigenvalue weighted by atomic mass is 16.6. The summed E-state index contributed by atoms with van der Waals surface area (Å²) in [5.41, 5.74) is 3.73. The summed E-state index contributed by atoms with van der Waals surface area (Å²) >= 11 is 0. The summed E-state index contributed by atoms with van der Waals surface area (Å²) in [6.45, 7) is 7.24. The van der Waals surface area contributed by atoms with Gasteiger partial charge in [0.1, 0.15) is 16.9 Å². The van der Waals surface area contributed by atoms with Crippen molar-refractivity contribution in [3.05, 3.63) is 48.3 Å². The Balaban J connectivity index is 1.49. The predicted molar refractivity (Wildman–Crippen MR) is 125 cm³/mol. The third-order valence-corrected chi connectivity index (χ3v) is 5.65. The minimum atomic E-state index is -0.556. The second-order valence-corrected chi connectivity index (χ2v) is 9.29. The number of nitrogens with one attached hydrogen (secondary N) is 1. The van der Waals surface area contributed by atoms with E-state index in [0.717, 1.165) is 46.4 Å². The molecular weight excluding hydrogens is 420 g/mol. The highest BCUT2D eigenvalue weighted by Crippen LogP contribution is 2.31. The molecule has 172 valence electrons. The minimum absolute atomic E-state index is 0.259. The monoisotopic (exact) mass is 448 g/mol. The molecule has 1 aliphatic heterocycles. The number of imidazole rings is 1. The van der Waals surface area contributed by atoms with Crippen molar-refractivity contribution in [1.29, 1.82) is 0 Å². The lowest BCUT2D eigenvalue weighted by Gasteiger charge is -2.26. The highest BCUT2D eigenvalue weighted by Gasteiger charge is 2.23. The zero-order valence-electron chi connectivity index (χ0n) is 19.1. The maximum Gasteiger partial charge on any atom is 0.408 e. The first-order valence-electron chi connectivity index (χ1n) is 11.3. The first kappa shape index (κ1) is 21.5. The standard InChI is InChI=1S/C25H28N4O4/c1-25(2,3)33-24(30)26-15-22-27-19-14-16(23-28-18-6-4-5-7-21(18)32-23)8-9-20(19)29(22)17-10-12-31-13-11-17/h4-9,14,17H,10-13,15H2,1-3H3,(H,26,30). The van der Waals surface area contributed by atoms with Gasteiger partial charge in [0.25, 0.3) is 0 Å². The number of oxazole rings is 1. The Bertz CT molecular complexity index is 1260. The van der Waals surface area contributed by atoms with Crippen LogP contribution in [0.1, 0.15) is 45.5 Å². The highest BCUT2D eigenvalue weighted by molar-refractivity contribution is 5.83. The molecule has 0 unspecified atom stereocenters.